The molecule has 0 saturated carbocycles. The van der Waals surface area contributed by atoms with Gasteiger partial charge in [0, 0.05) is 5.41 Å². The van der Waals surface area contributed by atoms with Crippen LogP contribution in [0, 0.1) is 5.41 Å². The van der Waals surface area contributed by atoms with E-state index in [1.54, 1.807) is 6.92 Å². The van der Waals surface area contributed by atoms with Gasteiger partial charge < -0.3 is 0 Å². The second-order valence-electron chi connectivity index (χ2n) is 8.74. The third kappa shape index (κ3) is 8.64. The molecule has 0 aromatic heterocycles. The van der Waals surface area contributed by atoms with Gasteiger partial charge in [-0.15, -0.1) is 0 Å². The lowest BCUT2D eigenvalue weighted by atomic mass is 9.68. The van der Waals surface area contributed by atoms with E-state index in [-0.39, 0.29) is 11.2 Å². The fourth-order valence-electron chi connectivity index (χ4n) is 3.46. The molecule has 0 saturated heterocycles. The fraction of sp³-hybridized carbons (Fsp3) is 0.393. The van der Waals surface area contributed by atoms with Crippen LogP contribution in [0.15, 0.2) is 94.2 Å². The SMILES string of the molecule is CC(=O)/C=C1\CCC(C)=C(/C=C/C(C)=C/C=C/C(C)=C/C=C/C=C(C)C)C1(C)C. The summed E-state index contributed by atoms with van der Waals surface area (Å²) in [7, 11) is 0. The Bertz CT molecular complexity index is 839. The number of carbonyl (C=O) groups excluding carboxylic acids is 1. The maximum absolute atomic E-state index is 11.6. The zero-order valence-corrected chi connectivity index (χ0v) is 19.6. The monoisotopic (exact) mass is 390 g/mol. The van der Waals surface area contributed by atoms with Crippen molar-refractivity contribution in [1.29, 1.82) is 0 Å². The zero-order chi connectivity index (χ0) is 22.0. The van der Waals surface area contributed by atoms with Gasteiger partial charge in [-0.25, -0.2) is 0 Å². The largest absolute Gasteiger partial charge is 0.295 e. The van der Waals surface area contributed by atoms with Gasteiger partial charge in [0.25, 0.3) is 0 Å². The maximum atomic E-state index is 11.6. The number of carbonyl (C=O) groups is 1. The second-order valence-corrected chi connectivity index (χ2v) is 8.74. The quantitative estimate of drug-likeness (QED) is 0.316. The molecule has 0 radical (unpaired) electrons. The summed E-state index contributed by atoms with van der Waals surface area (Å²) in [5, 5.41) is 0. The van der Waals surface area contributed by atoms with Crippen LogP contribution < -0.4 is 0 Å². The van der Waals surface area contributed by atoms with E-state index >= 15 is 0 Å². The van der Waals surface area contributed by atoms with E-state index in [4.69, 9.17) is 0 Å². The number of hydrogen-bond acceptors (Lipinski definition) is 1. The summed E-state index contributed by atoms with van der Waals surface area (Å²) in [6.45, 7) is 16.7. The molecule has 1 heteroatoms. The van der Waals surface area contributed by atoms with Gasteiger partial charge in [0.1, 0.15) is 0 Å². The molecule has 0 heterocycles. The van der Waals surface area contributed by atoms with Crippen LogP contribution in [0.2, 0.25) is 0 Å². The molecule has 0 fully saturated rings. The summed E-state index contributed by atoms with van der Waals surface area (Å²) in [5.41, 5.74) is 7.58. The summed E-state index contributed by atoms with van der Waals surface area (Å²) in [6.07, 6.45) is 22.9. The molecule has 0 atom stereocenters. The molecule has 1 aliphatic rings. The van der Waals surface area contributed by atoms with Gasteiger partial charge >= 0.3 is 0 Å². The van der Waals surface area contributed by atoms with Crippen LogP contribution in [0.25, 0.3) is 0 Å². The van der Waals surface area contributed by atoms with Crippen LogP contribution in [0.5, 0.6) is 0 Å². The second kappa shape index (κ2) is 11.6. The molecular formula is C28H38O. The molecule has 0 N–H and O–H groups in total. The fourth-order valence-corrected chi connectivity index (χ4v) is 3.46. The Balaban J connectivity index is 2.90. The first-order valence-corrected chi connectivity index (χ1v) is 10.5. The number of hydrogen-bond donors (Lipinski definition) is 0. The van der Waals surface area contributed by atoms with Crippen molar-refractivity contribution >= 4 is 5.78 Å². The summed E-state index contributed by atoms with van der Waals surface area (Å²) in [4.78, 5) is 11.6. The van der Waals surface area contributed by atoms with Gasteiger partial charge in [-0.05, 0) is 66.0 Å². The Kier molecular flexibility index (Phi) is 9.81. The minimum Gasteiger partial charge on any atom is -0.295 e. The van der Waals surface area contributed by atoms with Gasteiger partial charge in [0.2, 0.25) is 0 Å². The molecule has 1 aliphatic carbocycles. The highest BCUT2D eigenvalue weighted by molar-refractivity contribution is 5.88. The molecule has 1 rings (SSSR count). The number of rotatable bonds is 7. The Morgan fingerprint density at radius 2 is 1.41 bits per heavy atom. The van der Waals surface area contributed by atoms with E-state index in [9.17, 15) is 4.79 Å². The molecule has 0 amide bonds. The predicted molar refractivity (Wildman–Crippen MR) is 129 cm³/mol. The summed E-state index contributed by atoms with van der Waals surface area (Å²) < 4.78 is 0. The molecule has 0 aliphatic heterocycles. The minimum absolute atomic E-state index is 0.0996. The van der Waals surface area contributed by atoms with Gasteiger partial charge in [0.15, 0.2) is 5.78 Å². The van der Waals surface area contributed by atoms with Crippen molar-refractivity contribution in [3.63, 3.8) is 0 Å². The number of ketones is 1. The van der Waals surface area contributed by atoms with E-state index in [1.807, 2.05) is 6.08 Å². The summed E-state index contributed by atoms with van der Waals surface area (Å²) in [5.74, 6) is 0.135. The Morgan fingerprint density at radius 3 is 2.03 bits per heavy atom. The van der Waals surface area contributed by atoms with Crippen molar-refractivity contribution in [1.82, 2.24) is 0 Å². The molecule has 156 valence electrons. The standard InChI is InChI=1S/C28H38O/c1-21(2)12-9-10-13-22(3)14-11-15-23(4)16-19-27-24(5)17-18-26(20-25(6)29)28(27,7)8/h9-16,19-20H,17-18H2,1-8H3/b10-9+,14-11+,19-16+,22-13+,23-15+,26-20+. The highest BCUT2D eigenvalue weighted by atomic mass is 16.1. The smallest absolute Gasteiger partial charge is 0.152 e. The van der Waals surface area contributed by atoms with Crippen LogP contribution >= 0.6 is 0 Å². The molecule has 0 bridgehead atoms. The van der Waals surface area contributed by atoms with E-state index < -0.39 is 0 Å². The lowest BCUT2D eigenvalue weighted by molar-refractivity contribution is -0.112. The highest BCUT2D eigenvalue weighted by Gasteiger charge is 2.31. The Labute approximate surface area is 178 Å². The molecule has 0 unspecified atom stereocenters. The number of allylic oxidation sites excluding steroid dienone is 16. The lowest BCUT2D eigenvalue weighted by Gasteiger charge is -2.36. The third-order valence-corrected chi connectivity index (χ3v) is 5.21. The van der Waals surface area contributed by atoms with Gasteiger partial charge in [-0.3, -0.25) is 4.79 Å². The van der Waals surface area contributed by atoms with E-state index in [2.05, 4.69) is 103 Å². The van der Waals surface area contributed by atoms with Crippen molar-refractivity contribution < 1.29 is 4.79 Å². The molecule has 0 aromatic rings. The normalized spacial score (nSPS) is 19.8. The molecular weight excluding hydrogens is 352 g/mol. The first-order valence-electron chi connectivity index (χ1n) is 10.5. The lowest BCUT2D eigenvalue weighted by Crippen LogP contribution is -2.23. The molecule has 0 aromatic carbocycles. The molecule has 29 heavy (non-hydrogen) atoms. The van der Waals surface area contributed by atoms with Crippen molar-refractivity contribution in [2.45, 2.75) is 68.2 Å². The van der Waals surface area contributed by atoms with E-state index in [1.165, 1.54) is 33.4 Å². The topological polar surface area (TPSA) is 17.1 Å². The van der Waals surface area contributed by atoms with Crippen LogP contribution in [-0.4, -0.2) is 5.78 Å². The van der Waals surface area contributed by atoms with Gasteiger partial charge in [-0.1, -0.05) is 96.4 Å². The summed E-state index contributed by atoms with van der Waals surface area (Å²) in [6, 6.07) is 0. The first kappa shape index (κ1) is 24.6. The average molecular weight is 391 g/mol. The van der Waals surface area contributed by atoms with Crippen molar-refractivity contribution in [2.24, 2.45) is 5.41 Å². The Morgan fingerprint density at radius 1 is 0.828 bits per heavy atom. The van der Waals surface area contributed by atoms with Gasteiger partial charge in [-0.2, -0.15) is 0 Å². The molecule has 1 nitrogen and oxygen atoms in total. The Hall–Kier alpha value is -2.41. The first-order chi connectivity index (χ1) is 13.5. The van der Waals surface area contributed by atoms with Crippen LogP contribution in [-0.2, 0) is 4.79 Å². The van der Waals surface area contributed by atoms with Crippen molar-refractivity contribution in [3.05, 3.63) is 94.2 Å². The van der Waals surface area contributed by atoms with E-state index in [0.29, 0.717) is 0 Å². The highest BCUT2D eigenvalue weighted by Crippen LogP contribution is 2.44. The minimum atomic E-state index is -0.0996. The predicted octanol–water partition coefficient (Wildman–Crippen LogP) is 8.17. The van der Waals surface area contributed by atoms with Crippen LogP contribution in [0.3, 0.4) is 0 Å². The van der Waals surface area contributed by atoms with Crippen molar-refractivity contribution in [3.8, 4) is 0 Å². The van der Waals surface area contributed by atoms with Crippen LogP contribution in [0.1, 0.15) is 68.2 Å². The third-order valence-electron chi connectivity index (χ3n) is 5.21. The van der Waals surface area contributed by atoms with Crippen molar-refractivity contribution in [2.75, 3.05) is 0 Å². The average Bonchev–Trinajstić information content (AvgIpc) is 2.60. The van der Waals surface area contributed by atoms with Gasteiger partial charge in [0.05, 0.1) is 0 Å². The maximum Gasteiger partial charge on any atom is 0.152 e. The summed E-state index contributed by atoms with van der Waals surface area (Å²) >= 11 is 0. The zero-order valence-electron chi connectivity index (χ0n) is 19.6. The molecule has 0 spiro atoms. The van der Waals surface area contributed by atoms with Crippen LogP contribution in [0.4, 0.5) is 0 Å². The van der Waals surface area contributed by atoms with E-state index in [0.717, 1.165) is 12.8 Å².